The molecule has 0 aliphatic rings. The molecule has 2 aromatic heterocycles. The third kappa shape index (κ3) is 37.9. The zero-order valence-electron chi connectivity index (χ0n) is 63.9. The molecular weight excluding hydrogens is 1580 g/mol. The lowest BCUT2D eigenvalue weighted by Gasteiger charge is -2.34. The summed E-state index contributed by atoms with van der Waals surface area (Å²) in [7, 11) is 0. The lowest BCUT2D eigenvalue weighted by molar-refractivity contribution is -0.145. The van der Waals surface area contributed by atoms with Crippen molar-refractivity contribution in [3.05, 3.63) is 114 Å². The molecule has 5 aromatic rings. The first-order valence-corrected chi connectivity index (χ1v) is 37.6. The van der Waals surface area contributed by atoms with Crippen molar-refractivity contribution in [3.8, 4) is 0 Å². The number of aliphatic carboxylic acids is 10. The minimum atomic E-state index is -1.40. The van der Waals surface area contributed by atoms with Gasteiger partial charge in [0.05, 0.1) is 90.9 Å². The number of anilines is 2. The summed E-state index contributed by atoms with van der Waals surface area (Å²) < 4.78 is 0. The molecule has 0 radical (unpaired) electrons. The molecule has 0 saturated heterocycles. The maximum absolute atomic E-state index is 14.8. The third-order valence-corrected chi connectivity index (χ3v) is 18.6. The largest absolute Gasteiger partial charge is 0.480 e. The number of carboxylic acid groups (broad SMARTS) is 10. The van der Waals surface area contributed by atoms with Crippen molar-refractivity contribution in [2.24, 2.45) is 5.92 Å². The molecule has 0 saturated carbocycles. The summed E-state index contributed by atoms with van der Waals surface area (Å²) in [6.07, 6.45) is 4.99. The number of fused-ring (bicyclic) bond motifs is 1. The number of Topliss-reactive ketones (excluding diaryl/α,β-unsaturated/α-hetero) is 2. The summed E-state index contributed by atoms with van der Waals surface area (Å²) in [6.45, 7) is -7.66. The number of carbonyl (C=O) groups is 15. The first-order valence-electron chi connectivity index (χ1n) is 36.8. The number of ketones is 2. The van der Waals surface area contributed by atoms with Crippen LogP contribution in [0.5, 0.6) is 0 Å². The summed E-state index contributed by atoms with van der Waals surface area (Å²) >= 11 is 11.0. The topological polar surface area (TPSA) is 606 Å². The number of carboxylic acids is 10. The highest BCUT2D eigenvalue weighted by atomic mass is 32.1. The lowest BCUT2D eigenvalue weighted by Crippen LogP contribution is -2.54. The van der Waals surface area contributed by atoms with Gasteiger partial charge >= 0.3 is 59.7 Å². The van der Waals surface area contributed by atoms with Crippen LogP contribution < -0.4 is 37.2 Å². The number of benzene rings is 3. The number of unbranched alkanes of at least 4 members (excludes halogenated alkanes) is 1. The van der Waals surface area contributed by atoms with Crippen LogP contribution in [0.2, 0.25) is 0 Å². The molecule has 3 amide bonds. The highest BCUT2D eigenvalue weighted by Gasteiger charge is 2.34. The molecule has 5 rings (SSSR count). The van der Waals surface area contributed by atoms with Crippen molar-refractivity contribution in [2.75, 3.05) is 135 Å². The zero-order chi connectivity index (χ0) is 86.3. The number of nitrogens with one attached hydrogen (secondary N) is 9. The summed E-state index contributed by atoms with van der Waals surface area (Å²) in [4.78, 5) is 205. The van der Waals surface area contributed by atoms with Crippen LogP contribution in [0.1, 0.15) is 61.4 Å². The maximum atomic E-state index is 14.8. The number of rotatable bonds is 59. The molecule has 43 heteroatoms. The standard InChI is InChI=1S/C74H98N16O25S2/c1-2-58(91)47(25-51-29-75-44-80-51)27-59(92)57(26-48-28-77-55-8-4-3-7-54(48)55)84-72(115)56(83-61(94)31-79-74(117)82-50-16-12-46(13-17-50)24-53(90(42-70(111)112)43-71(113)114)33-86(35-63(97)98)20-22-88(38-66(103)104)39-67(105)106)9-5-6-18-76-60(93)30-78-73(116)81-49-14-10-45(11-15-49)23-52(89(40-68(107)108)41-69(109)110)32-85(34-62(95)96)19-21-87(36-64(99)100)37-65(101)102/h3-4,7-8,10-17,28-29,44,47,52-53,56-57,77H,2,5-6,9,18-27,30-43H2,1H3,(H,75,80)(H,76,93)(H,83,94)(H,84,115)(H,95,96)(H,97,98)(H,99,100)(H,101,102)(H,103,104)(H,105,106)(H,107,108)(H,109,110)(H,111,112)(H,113,114)(H2,78,81,116)(H2,79,82,117)/t47-,52?,53?,56+,57+/m1/s1. The Kier molecular flexibility index (Phi) is 40.6. The van der Waals surface area contributed by atoms with Gasteiger partial charge in [0.2, 0.25) is 17.7 Å². The van der Waals surface area contributed by atoms with Crippen LogP contribution in [0, 0.1) is 5.92 Å². The minimum Gasteiger partial charge on any atom is -0.480 e. The van der Waals surface area contributed by atoms with E-state index < -0.39 is 185 Å². The van der Waals surface area contributed by atoms with Gasteiger partial charge in [0.1, 0.15) is 11.8 Å². The smallest absolute Gasteiger partial charge is 0.317 e. The van der Waals surface area contributed by atoms with E-state index in [1.807, 2.05) is 24.3 Å². The molecule has 41 nitrogen and oxygen atoms in total. The summed E-state index contributed by atoms with van der Waals surface area (Å²) in [6, 6.07) is 15.4. The van der Waals surface area contributed by atoms with Gasteiger partial charge in [-0.2, -0.15) is 0 Å². The number of hydrogen-bond acceptors (Lipinski definition) is 24. The SMILES string of the molecule is CCC(=O)[C@@H](CC(=O)[C@H](Cc1c[nH]c2ccccc12)NC(=O)[C@H](CCCCNC(=O)CNC(=S)Nc1ccc(CC(CN(CCN(CC(=O)O)CC(=O)O)CC(=O)O)N(CC(=O)O)CC(=O)O)cc1)NC(=O)CNC(=S)Nc1ccc(CC(CN(CCN(CC(=O)O)CC(=O)O)CC(=O)O)N(CC(=O)O)CC(=O)O)cc1)Cc1cnc[nH]1. The number of para-hydroxylation sites is 1. The van der Waals surface area contributed by atoms with Crippen LogP contribution in [0.4, 0.5) is 11.4 Å². The molecule has 0 spiro atoms. The highest BCUT2D eigenvalue weighted by molar-refractivity contribution is 7.80. The van der Waals surface area contributed by atoms with E-state index in [0.717, 1.165) is 30.5 Å². The molecule has 117 heavy (non-hydrogen) atoms. The zero-order valence-corrected chi connectivity index (χ0v) is 65.5. The molecular formula is C74H98N16O25S2. The molecule has 19 N–H and O–H groups in total. The van der Waals surface area contributed by atoms with Crippen molar-refractivity contribution in [2.45, 2.75) is 88.9 Å². The van der Waals surface area contributed by atoms with Crippen LogP contribution in [0.25, 0.3) is 10.9 Å². The second-order valence-corrected chi connectivity index (χ2v) is 28.2. The fourth-order valence-electron chi connectivity index (χ4n) is 12.8. The number of amides is 3. The molecule has 3 aromatic carbocycles. The summed E-state index contributed by atoms with van der Waals surface area (Å²) in [5.41, 5.74) is 3.82. The van der Waals surface area contributed by atoms with Gasteiger partial charge in [0, 0.05) is 123 Å². The van der Waals surface area contributed by atoms with Gasteiger partial charge < -0.3 is 98.3 Å². The molecule has 636 valence electrons. The fourth-order valence-corrected chi connectivity index (χ4v) is 13.1. The average Bonchev–Trinajstić information content (AvgIpc) is 1.74. The van der Waals surface area contributed by atoms with Crippen molar-refractivity contribution < 1.29 is 123 Å². The minimum absolute atomic E-state index is 0.000559. The first kappa shape index (κ1) is 95.6. The number of aromatic amines is 2. The Morgan fingerprint density at radius 2 is 0.880 bits per heavy atom. The van der Waals surface area contributed by atoms with E-state index in [1.165, 1.54) is 16.1 Å². The van der Waals surface area contributed by atoms with Crippen molar-refractivity contribution in [3.63, 3.8) is 0 Å². The van der Waals surface area contributed by atoms with Gasteiger partial charge in [-0.15, -0.1) is 0 Å². The van der Waals surface area contributed by atoms with Crippen LogP contribution in [-0.4, -0.2) is 343 Å². The van der Waals surface area contributed by atoms with Gasteiger partial charge in [-0.05, 0) is 110 Å². The average molecular weight is 1680 g/mol. The summed E-state index contributed by atoms with van der Waals surface area (Å²) in [5.74, 6) is -17.1. The van der Waals surface area contributed by atoms with Crippen LogP contribution in [-0.2, 0) is 97.6 Å². The maximum Gasteiger partial charge on any atom is 0.317 e. The van der Waals surface area contributed by atoms with E-state index >= 15 is 0 Å². The van der Waals surface area contributed by atoms with E-state index in [-0.39, 0.29) is 126 Å². The predicted octanol–water partition coefficient (Wildman–Crippen LogP) is -1.06. The monoisotopic (exact) mass is 1670 g/mol. The van der Waals surface area contributed by atoms with E-state index in [2.05, 4.69) is 52.2 Å². The van der Waals surface area contributed by atoms with E-state index in [9.17, 15) is 123 Å². The normalized spacial score (nSPS) is 12.6. The first-order chi connectivity index (χ1) is 55.5. The Hall–Kier alpha value is -12.0. The van der Waals surface area contributed by atoms with Gasteiger partial charge in [-0.1, -0.05) is 49.4 Å². The van der Waals surface area contributed by atoms with Crippen LogP contribution in [0.15, 0.2) is 91.5 Å². The Morgan fingerprint density at radius 3 is 1.31 bits per heavy atom. The van der Waals surface area contributed by atoms with Crippen molar-refractivity contribution in [1.29, 1.82) is 0 Å². The predicted molar refractivity (Wildman–Crippen MR) is 425 cm³/mol. The Morgan fingerprint density at radius 1 is 0.453 bits per heavy atom. The van der Waals surface area contributed by atoms with Gasteiger partial charge in [-0.3, -0.25) is 101 Å². The molecule has 2 heterocycles. The Bertz CT molecular complexity index is 4190. The number of imidazole rings is 1. The van der Waals surface area contributed by atoms with Gasteiger partial charge in [0.25, 0.3) is 0 Å². The number of hydrogen-bond donors (Lipinski definition) is 19. The molecule has 0 aliphatic carbocycles. The molecule has 2 unspecified atom stereocenters. The van der Waals surface area contributed by atoms with Gasteiger partial charge in [0.15, 0.2) is 16.0 Å². The van der Waals surface area contributed by atoms with Crippen molar-refractivity contribution >= 4 is 146 Å². The van der Waals surface area contributed by atoms with E-state index in [1.54, 1.807) is 67.8 Å². The Labute approximate surface area is 680 Å². The van der Waals surface area contributed by atoms with Gasteiger partial charge in [-0.25, -0.2) is 4.98 Å². The Balaban J connectivity index is 1.28. The highest BCUT2D eigenvalue weighted by Crippen LogP contribution is 2.24. The quantitative estimate of drug-likeness (QED) is 0.0163. The fraction of sp³-hybridized carbons (Fsp3) is 0.459. The lowest BCUT2D eigenvalue weighted by atomic mass is 9.88. The number of carbonyl (C=O) groups excluding carboxylic acids is 5. The van der Waals surface area contributed by atoms with Crippen molar-refractivity contribution in [1.82, 2.24) is 70.9 Å². The molecule has 0 bridgehead atoms. The molecule has 5 atom stereocenters. The van der Waals surface area contributed by atoms with E-state index in [0.29, 0.717) is 33.8 Å². The van der Waals surface area contributed by atoms with E-state index in [4.69, 9.17) is 24.4 Å². The molecule has 0 aliphatic heterocycles. The molecule has 0 fully saturated rings. The van der Waals surface area contributed by atoms with Crippen LogP contribution >= 0.6 is 24.4 Å². The number of thiocarbonyl (C=S) groups is 2. The second-order valence-electron chi connectivity index (χ2n) is 27.4. The third-order valence-electron chi connectivity index (χ3n) is 18.1. The number of aromatic nitrogens is 3. The van der Waals surface area contributed by atoms with Crippen LogP contribution in [0.3, 0.4) is 0 Å². The number of nitrogens with zero attached hydrogens (tertiary/aromatic N) is 7. The summed E-state index contributed by atoms with van der Waals surface area (Å²) in [5, 5.41) is 116. The number of H-pyrrole nitrogens is 2. The second kappa shape index (κ2) is 49.7.